The number of hydrogen-bond acceptors (Lipinski definition) is 2. The van der Waals surface area contributed by atoms with Crippen LogP contribution in [0.2, 0.25) is 0 Å². The third kappa shape index (κ3) is 3.79. The summed E-state index contributed by atoms with van der Waals surface area (Å²) in [5.74, 6) is 0.0729. The number of amides is 1. The Bertz CT molecular complexity index is 341. The quantitative estimate of drug-likeness (QED) is 0.855. The first-order chi connectivity index (χ1) is 7.15. The summed E-state index contributed by atoms with van der Waals surface area (Å²) in [6.07, 6.45) is 0. The molecule has 0 aliphatic carbocycles. The minimum absolute atomic E-state index is 0.0729. The van der Waals surface area contributed by atoms with E-state index in [1.165, 1.54) is 0 Å². The monoisotopic (exact) mass is 318 g/mol. The van der Waals surface area contributed by atoms with E-state index in [9.17, 15) is 4.79 Å². The molecular weight excluding hydrogens is 303 g/mol. The van der Waals surface area contributed by atoms with Gasteiger partial charge in [-0.3, -0.25) is 4.79 Å². The van der Waals surface area contributed by atoms with E-state index in [-0.39, 0.29) is 5.91 Å². The predicted octanol–water partition coefficient (Wildman–Crippen LogP) is 1.58. The Morgan fingerprint density at radius 2 is 2.27 bits per heavy atom. The molecule has 0 fully saturated rings. The van der Waals surface area contributed by atoms with E-state index < -0.39 is 0 Å². The second-order valence-corrected chi connectivity index (χ2v) is 4.59. The maximum absolute atomic E-state index is 11.9. The summed E-state index contributed by atoms with van der Waals surface area (Å²) in [6, 6.07) is 7.63. The Morgan fingerprint density at radius 3 is 2.87 bits per heavy atom. The number of halogens is 1. The van der Waals surface area contributed by atoms with Gasteiger partial charge in [0.25, 0.3) is 5.91 Å². The highest BCUT2D eigenvalue weighted by Gasteiger charge is 2.10. The van der Waals surface area contributed by atoms with Gasteiger partial charge in [0.15, 0.2) is 0 Å². The van der Waals surface area contributed by atoms with Crippen LogP contribution in [-0.4, -0.2) is 38.0 Å². The average molecular weight is 318 g/mol. The third-order valence-corrected chi connectivity index (χ3v) is 2.79. The average Bonchev–Trinajstić information content (AvgIpc) is 2.24. The molecule has 0 atom stereocenters. The normalized spacial score (nSPS) is 10.1. The zero-order chi connectivity index (χ0) is 11.3. The molecule has 1 aromatic carbocycles. The van der Waals surface area contributed by atoms with Gasteiger partial charge in [-0.05, 0) is 47.8 Å². The number of benzene rings is 1. The number of likely N-dealkylation sites (N-methyl/N-ethyl adjacent to an activating group) is 2. The lowest BCUT2D eigenvalue weighted by Gasteiger charge is -2.16. The maximum Gasteiger partial charge on any atom is 0.253 e. The smallest absolute Gasteiger partial charge is 0.253 e. The van der Waals surface area contributed by atoms with Crippen molar-refractivity contribution < 1.29 is 4.79 Å². The van der Waals surface area contributed by atoms with Crippen LogP contribution in [0, 0.1) is 3.57 Å². The molecule has 1 N–H and O–H groups in total. The number of nitrogens with one attached hydrogen (secondary N) is 1. The second-order valence-electron chi connectivity index (χ2n) is 3.34. The van der Waals surface area contributed by atoms with Crippen LogP contribution in [0.3, 0.4) is 0 Å². The Hall–Kier alpha value is -0.620. The fourth-order valence-corrected chi connectivity index (χ4v) is 1.77. The summed E-state index contributed by atoms with van der Waals surface area (Å²) in [4.78, 5) is 13.6. The van der Waals surface area contributed by atoms with E-state index in [1.807, 2.05) is 38.4 Å². The highest BCUT2D eigenvalue weighted by atomic mass is 127. The van der Waals surface area contributed by atoms with Crippen LogP contribution >= 0.6 is 22.6 Å². The molecular formula is C11H15IN2O. The molecule has 0 aliphatic rings. The Kier molecular flexibility index (Phi) is 5.04. The molecule has 1 rings (SSSR count). The number of nitrogens with zero attached hydrogens (tertiary/aromatic N) is 1. The number of carbonyl (C=O) groups is 1. The molecule has 0 saturated carbocycles. The molecule has 0 spiro atoms. The Morgan fingerprint density at radius 1 is 1.53 bits per heavy atom. The zero-order valence-corrected chi connectivity index (χ0v) is 11.1. The van der Waals surface area contributed by atoms with E-state index in [0.29, 0.717) is 0 Å². The molecule has 15 heavy (non-hydrogen) atoms. The molecule has 3 nitrogen and oxygen atoms in total. The van der Waals surface area contributed by atoms with Crippen molar-refractivity contribution >= 4 is 28.5 Å². The lowest BCUT2D eigenvalue weighted by atomic mass is 10.2. The summed E-state index contributed by atoms with van der Waals surface area (Å²) >= 11 is 2.21. The van der Waals surface area contributed by atoms with Crippen LogP contribution in [0.15, 0.2) is 24.3 Å². The second kappa shape index (κ2) is 6.07. The third-order valence-electron chi connectivity index (χ3n) is 2.12. The lowest BCUT2D eigenvalue weighted by Crippen LogP contribution is -2.32. The minimum Gasteiger partial charge on any atom is -0.340 e. The van der Waals surface area contributed by atoms with Gasteiger partial charge in [-0.25, -0.2) is 0 Å². The van der Waals surface area contributed by atoms with Crippen molar-refractivity contribution in [1.82, 2.24) is 10.2 Å². The topological polar surface area (TPSA) is 32.3 Å². The molecule has 0 saturated heterocycles. The summed E-state index contributed by atoms with van der Waals surface area (Å²) in [5.41, 5.74) is 0.750. The van der Waals surface area contributed by atoms with E-state index in [4.69, 9.17) is 0 Å². The van der Waals surface area contributed by atoms with Gasteiger partial charge in [-0.1, -0.05) is 6.07 Å². The molecule has 0 heterocycles. The fourth-order valence-electron chi connectivity index (χ4n) is 1.22. The van der Waals surface area contributed by atoms with Crippen molar-refractivity contribution in [2.75, 3.05) is 27.2 Å². The van der Waals surface area contributed by atoms with Gasteiger partial charge in [0, 0.05) is 29.3 Å². The predicted molar refractivity (Wildman–Crippen MR) is 70.0 cm³/mol. The molecule has 4 heteroatoms. The van der Waals surface area contributed by atoms with E-state index in [1.54, 1.807) is 4.90 Å². The molecule has 0 unspecified atom stereocenters. The summed E-state index contributed by atoms with van der Waals surface area (Å²) in [7, 11) is 3.70. The van der Waals surface area contributed by atoms with Gasteiger partial charge in [0.2, 0.25) is 0 Å². The van der Waals surface area contributed by atoms with Crippen molar-refractivity contribution in [3.8, 4) is 0 Å². The van der Waals surface area contributed by atoms with Crippen LogP contribution in [0.5, 0.6) is 0 Å². The van der Waals surface area contributed by atoms with E-state index >= 15 is 0 Å². The van der Waals surface area contributed by atoms with Gasteiger partial charge >= 0.3 is 0 Å². The van der Waals surface area contributed by atoms with Crippen molar-refractivity contribution in [3.05, 3.63) is 33.4 Å². The van der Waals surface area contributed by atoms with Crippen molar-refractivity contribution in [2.24, 2.45) is 0 Å². The van der Waals surface area contributed by atoms with Crippen LogP contribution in [-0.2, 0) is 0 Å². The molecule has 0 radical (unpaired) electrons. The highest BCUT2D eigenvalue weighted by molar-refractivity contribution is 14.1. The Balaban J connectivity index is 2.67. The number of hydrogen-bond donors (Lipinski definition) is 1. The van der Waals surface area contributed by atoms with E-state index in [2.05, 4.69) is 27.9 Å². The van der Waals surface area contributed by atoms with Gasteiger partial charge < -0.3 is 10.2 Å². The molecule has 0 bridgehead atoms. The standard InChI is InChI=1S/C11H15IN2O/c1-13-6-7-14(2)11(15)9-4-3-5-10(12)8-9/h3-5,8,13H,6-7H2,1-2H3. The van der Waals surface area contributed by atoms with Gasteiger partial charge in [0.05, 0.1) is 0 Å². The summed E-state index contributed by atoms with van der Waals surface area (Å²) in [6.45, 7) is 1.53. The SMILES string of the molecule is CNCCN(C)C(=O)c1cccc(I)c1. The van der Waals surface area contributed by atoms with Crippen LogP contribution in [0.1, 0.15) is 10.4 Å². The first-order valence-electron chi connectivity index (χ1n) is 4.81. The van der Waals surface area contributed by atoms with E-state index in [0.717, 1.165) is 22.2 Å². The number of rotatable bonds is 4. The molecule has 82 valence electrons. The fraction of sp³-hybridized carbons (Fsp3) is 0.364. The van der Waals surface area contributed by atoms with Gasteiger partial charge in [-0.15, -0.1) is 0 Å². The van der Waals surface area contributed by atoms with Crippen molar-refractivity contribution in [3.63, 3.8) is 0 Å². The van der Waals surface area contributed by atoms with Gasteiger partial charge in [-0.2, -0.15) is 0 Å². The van der Waals surface area contributed by atoms with Crippen LogP contribution < -0.4 is 5.32 Å². The largest absolute Gasteiger partial charge is 0.340 e. The molecule has 1 aromatic rings. The number of carbonyl (C=O) groups excluding carboxylic acids is 1. The lowest BCUT2D eigenvalue weighted by molar-refractivity contribution is 0.0797. The molecule has 0 aliphatic heterocycles. The molecule has 1 amide bonds. The summed E-state index contributed by atoms with van der Waals surface area (Å²) in [5, 5.41) is 3.02. The van der Waals surface area contributed by atoms with Crippen LogP contribution in [0.4, 0.5) is 0 Å². The highest BCUT2D eigenvalue weighted by Crippen LogP contribution is 2.09. The van der Waals surface area contributed by atoms with Crippen molar-refractivity contribution in [2.45, 2.75) is 0 Å². The minimum atomic E-state index is 0.0729. The van der Waals surface area contributed by atoms with Gasteiger partial charge in [0.1, 0.15) is 0 Å². The summed E-state index contributed by atoms with van der Waals surface area (Å²) < 4.78 is 1.08. The Labute approximate surface area is 104 Å². The first kappa shape index (κ1) is 12.4. The first-order valence-corrected chi connectivity index (χ1v) is 5.88. The zero-order valence-electron chi connectivity index (χ0n) is 8.96. The van der Waals surface area contributed by atoms with Crippen molar-refractivity contribution in [1.29, 1.82) is 0 Å². The maximum atomic E-state index is 11.9. The molecule has 0 aromatic heterocycles. The van der Waals surface area contributed by atoms with Crippen LogP contribution in [0.25, 0.3) is 0 Å².